The zero-order chi connectivity index (χ0) is 17.1. The molecule has 3 rings (SSSR count). The second-order valence-electron chi connectivity index (χ2n) is 6.17. The Morgan fingerprint density at radius 1 is 1.46 bits per heavy atom. The topological polar surface area (TPSA) is 75.9 Å². The summed E-state index contributed by atoms with van der Waals surface area (Å²) < 4.78 is 1.71. The Balaban J connectivity index is 1.50. The quantitative estimate of drug-likeness (QED) is 0.884. The van der Waals surface area contributed by atoms with Gasteiger partial charge >= 0.3 is 0 Å². The third-order valence-electron chi connectivity index (χ3n) is 4.37. The molecule has 2 aromatic rings. The van der Waals surface area contributed by atoms with Crippen LogP contribution in [0, 0.1) is 12.8 Å². The van der Waals surface area contributed by atoms with Crippen molar-refractivity contribution in [2.24, 2.45) is 13.0 Å². The van der Waals surface area contributed by atoms with Crippen LogP contribution < -0.4 is 5.32 Å². The van der Waals surface area contributed by atoms with Crippen molar-refractivity contribution >= 4 is 17.5 Å². The van der Waals surface area contributed by atoms with Crippen molar-refractivity contribution in [3.05, 3.63) is 40.7 Å². The molecule has 1 atom stereocenters. The summed E-state index contributed by atoms with van der Waals surface area (Å²) in [5.41, 5.74) is 2.41. The van der Waals surface area contributed by atoms with E-state index < -0.39 is 0 Å². The van der Waals surface area contributed by atoms with Crippen molar-refractivity contribution in [3.63, 3.8) is 0 Å². The van der Waals surface area contributed by atoms with Gasteiger partial charge in [0.2, 0.25) is 0 Å². The smallest absolute Gasteiger partial charge is 0.271 e. The van der Waals surface area contributed by atoms with E-state index in [0.29, 0.717) is 23.3 Å². The van der Waals surface area contributed by atoms with Gasteiger partial charge in [-0.15, -0.1) is 0 Å². The molecule has 1 aliphatic heterocycles. The van der Waals surface area contributed by atoms with Crippen LogP contribution in [0.1, 0.15) is 28.2 Å². The number of likely N-dealkylation sites (tertiary alicyclic amines) is 1. The van der Waals surface area contributed by atoms with Crippen LogP contribution in [0.2, 0.25) is 5.15 Å². The minimum absolute atomic E-state index is 0.173. The number of halogens is 1. The normalized spacial score (nSPS) is 18.0. The highest BCUT2D eigenvalue weighted by molar-refractivity contribution is 6.30. The van der Waals surface area contributed by atoms with Crippen molar-refractivity contribution < 1.29 is 4.79 Å². The average molecular weight is 349 g/mol. The van der Waals surface area contributed by atoms with Crippen molar-refractivity contribution in [2.75, 3.05) is 19.6 Å². The Kier molecular flexibility index (Phi) is 5.11. The lowest BCUT2D eigenvalue weighted by atomic mass is 10.1. The lowest BCUT2D eigenvalue weighted by Gasteiger charge is -2.16. The second-order valence-corrected chi connectivity index (χ2v) is 6.53. The van der Waals surface area contributed by atoms with E-state index in [1.54, 1.807) is 10.9 Å². The Morgan fingerprint density at radius 2 is 2.29 bits per heavy atom. The number of nitrogens with zero attached hydrogens (tertiary/aromatic N) is 5. The predicted octanol–water partition coefficient (Wildman–Crippen LogP) is 1.42. The van der Waals surface area contributed by atoms with E-state index in [-0.39, 0.29) is 5.91 Å². The molecule has 0 bridgehead atoms. The van der Waals surface area contributed by atoms with Crippen molar-refractivity contribution in [2.45, 2.75) is 19.9 Å². The van der Waals surface area contributed by atoms with Crippen LogP contribution in [0.3, 0.4) is 0 Å². The van der Waals surface area contributed by atoms with E-state index in [4.69, 9.17) is 11.6 Å². The summed E-state index contributed by atoms with van der Waals surface area (Å²) in [5.74, 6) is 0.258. The highest BCUT2D eigenvalue weighted by atomic mass is 35.5. The van der Waals surface area contributed by atoms with Crippen molar-refractivity contribution in [1.82, 2.24) is 30.0 Å². The van der Waals surface area contributed by atoms with Crippen LogP contribution in [0.5, 0.6) is 0 Å². The number of aromatic nitrogens is 4. The van der Waals surface area contributed by atoms with E-state index in [1.165, 1.54) is 12.4 Å². The van der Waals surface area contributed by atoms with Gasteiger partial charge in [0.05, 0.1) is 11.9 Å². The van der Waals surface area contributed by atoms with Gasteiger partial charge in [-0.05, 0) is 25.8 Å². The summed E-state index contributed by atoms with van der Waals surface area (Å²) in [6.45, 7) is 5.36. The van der Waals surface area contributed by atoms with E-state index in [0.717, 1.165) is 37.3 Å². The van der Waals surface area contributed by atoms with Crippen molar-refractivity contribution in [1.29, 1.82) is 0 Å². The van der Waals surface area contributed by atoms with Crippen LogP contribution in [0.4, 0.5) is 0 Å². The Labute approximate surface area is 146 Å². The molecule has 0 aliphatic carbocycles. The molecule has 3 heterocycles. The summed E-state index contributed by atoms with van der Waals surface area (Å²) in [6.07, 6.45) is 5.60. The summed E-state index contributed by atoms with van der Waals surface area (Å²) in [7, 11) is 1.85. The Hall–Kier alpha value is -1.99. The van der Waals surface area contributed by atoms with Gasteiger partial charge in [0, 0.05) is 44.6 Å². The Morgan fingerprint density at radius 3 is 2.96 bits per heavy atom. The van der Waals surface area contributed by atoms with Gasteiger partial charge in [-0.25, -0.2) is 4.98 Å². The fourth-order valence-electron chi connectivity index (χ4n) is 3.04. The van der Waals surface area contributed by atoms with Gasteiger partial charge < -0.3 is 5.32 Å². The number of hydrogen-bond donors (Lipinski definition) is 1. The molecule has 7 nitrogen and oxygen atoms in total. The van der Waals surface area contributed by atoms with Gasteiger partial charge in [-0.3, -0.25) is 19.4 Å². The lowest BCUT2D eigenvalue weighted by molar-refractivity contribution is 0.0942. The minimum Gasteiger partial charge on any atom is -0.350 e. The molecule has 0 spiro atoms. The molecule has 1 N–H and O–H groups in total. The SMILES string of the molecule is Cc1nn(C)c(Cl)c1CN1CCC(CNC(=O)c2cnccn2)C1. The largest absolute Gasteiger partial charge is 0.350 e. The van der Waals surface area contributed by atoms with E-state index in [2.05, 4.69) is 25.3 Å². The van der Waals surface area contributed by atoms with Crippen LogP contribution >= 0.6 is 11.6 Å². The molecule has 0 aromatic carbocycles. The number of carbonyl (C=O) groups is 1. The maximum atomic E-state index is 12.0. The maximum absolute atomic E-state index is 12.0. The van der Waals surface area contributed by atoms with Gasteiger partial charge in [0.25, 0.3) is 5.91 Å². The molecule has 1 fully saturated rings. The van der Waals surface area contributed by atoms with Gasteiger partial charge in [0.1, 0.15) is 10.8 Å². The number of rotatable bonds is 5. The summed E-state index contributed by atoms with van der Waals surface area (Å²) >= 11 is 6.30. The number of aryl methyl sites for hydroxylation is 2. The molecule has 8 heteroatoms. The van der Waals surface area contributed by atoms with Gasteiger partial charge in [0.15, 0.2) is 0 Å². The standard InChI is InChI=1S/C16H21ClN6O/c1-11-13(15(17)22(2)21-11)10-23-6-3-12(9-23)7-20-16(24)14-8-18-4-5-19-14/h4-5,8,12H,3,6-7,9-10H2,1-2H3,(H,20,24). The highest BCUT2D eigenvalue weighted by Crippen LogP contribution is 2.24. The predicted molar refractivity (Wildman–Crippen MR) is 90.7 cm³/mol. The molecule has 24 heavy (non-hydrogen) atoms. The fourth-order valence-corrected chi connectivity index (χ4v) is 3.28. The van der Waals surface area contributed by atoms with E-state index in [9.17, 15) is 4.79 Å². The molecule has 1 saturated heterocycles. The Bertz CT molecular complexity index is 717. The second kappa shape index (κ2) is 7.27. The van der Waals surface area contributed by atoms with E-state index >= 15 is 0 Å². The minimum atomic E-state index is -0.173. The molecule has 2 aromatic heterocycles. The number of carbonyl (C=O) groups excluding carboxylic acids is 1. The first-order chi connectivity index (χ1) is 11.5. The molecule has 1 amide bonds. The third kappa shape index (κ3) is 3.73. The maximum Gasteiger partial charge on any atom is 0.271 e. The van der Waals surface area contributed by atoms with Gasteiger partial charge in [-0.2, -0.15) is 5.10 Å². The van der Waals surface area contributed by atoms with Crippen LogP contribution in [0.25, 0.3) is 0 Å². The third-order valence-corrected chi connectivity index (χ3v) is 4.84. The first-order valence-corrected chi connectivity index (χ1v) is 8.37. The molecular formula is C16H21ClN6O. The summed E-state index contributed by atoms with van der Waals surface area (Å²) in [6, 6.07) is 0. The summed E-state index contributed by atoms with van der Waals surface area (Å²) in [5, 5.41) is 8.00. The van der Waals surface area contributed by atoms with Crippen molar-refractivity contribution in [3.8, 4) is 0 Å². The number of nitrogens with one attached hydrogen (secondary N) is 1. The molecule has 128 valence electrons. The molecule has 1 unspecified atom stereocenters. The molecule has 1 aliphatic rings. The number of amides is 1. The summed E-state index contributed by atoms with van der Waals surface area (Å²) in [4.78, 5) is 22.3. The number of hydrogen-bond acceptors (Lipinski definition) is 5. The zero-order valence-corrected chi connectivity index (χ0v) is 14.6. The first kappa shape index (κ1) is 16.9. The monoisotopic (exact) mass is 348 g/mol. The van der Waals surface area contributed by atoms with Crippen LogP contribution in [-0.2, 0) is 13.6 Å². The van der Waals surface area contributed by atoms with Crippen LogP contribution in [0.15, 0.2) is 18.6 Å². The first-order valence-electron chi connectivity index (χ1n) is 7.99. The zero-order valence-electron chi connectivity index (χ0n) is 13.9. The van der Waals surface area contributed by atoms with Crippen LogP contribution in [-0.4, -0.2) is 50.2 Å². The highest BCUT2D eigenvalue weighted by Gasteiger charge is 2.25. The van der Waals surface area contributed by atoms with E-state index in [1.807, 2.05) is 14.0 Å². The molecular weight excluding hydrogens is 328 g/mol. The van der Waals surface area contributed by atoms with Gasteiger partial charge in [-0.1, -0.05) is 11.6 Å². The lowest BCUT2D eigenvalue weighted by Crippen LogP contribution is -2.31. The molecule has 0 radical (unpaired) electrons. The average Bonchev–Trinajstić information content (AvgIpc) is 3.13. The fraction of sp³-hybridized carbons (Fsp3) is 0.500. The molecule has 0 saturated carbocycles.